The molecule has 1 aliphatic rings. The average molecular weight is 347 g/mol. The molecule has 7 nitrogen and oxygen atoms in total. The molecular weight excluding hydrogens is 322 g/mol. The van der Waals surface area contributed by atoms with E-state index >= 15 is 0 Å². The molecule has 0 aliphatic carbocycles. The predicted molar refractivity (Wildman–Crippen MR) is 95.4 cm³/mol. The molecular formula is C16H25N7S. The van der Waals surface area contributed by atoms with Crippen molar-refractivity contribution >= 4 is 16.5 Å². The Balaban J connectivity index is 2.41. The maximum atomic E-state index is 9.48. The molecule has 1 aromatic rings. The zero-order chi connectivity index (χ0) is 18.3. The molecule has 0 fully saturated rings. The second-order valence-corrected chi connectivity index (χ2v) is 8.78. The smallest absolute Gasteiger partial charge is 0.176 e. The molecule has 8 heteroatoms. The molecule has 1 aliphatic heterocycles. The average Bonchev–Trinajstić information content (AvgIpc) is 2.98. The van der Waals surface area contributed by atoms with Crippen LogP contribution in [0.4, 0.5) is 5.00 Å². The van der Waals surface area contributed by atoms with Crippen LogP contribution in [0.2, 0.25) is 0 Å². The molecule has 24 heavy (non-hydrogen) atoms. The molecule has 1 unspecified atom stereocenters. The van der Waals surface area contributed by atoms with Gasteiger partial charge in [0.2, 0.25) is 0 Å². The summed E-state index contributed by atoms with van der Waals surface area (Å²) in [4.78, 5) is 0. The van der Waals surface area contributed by atoms with Gasteiger partial charge in [-0.3, -0.25) is 5.01 Å². The number of hydrazine groups is 1. The summed E-state index contributed by atoms with van der Waals surface area (Å²) < 4.78 is 4.40. The van der Waals surface area contributed by atoms with E-state index in [1.54, 1.807) is 5.01 Å². The van der Waals surface area contributed by atoms with Crippen molar-refractivity contribution in [2.75, 3.05) is 7.05 Å². The molecule has 0 amide bonds. The third kappa shape index (κ3) is 3.42. The molecule has 3 N–H and O–H groups in total. The van der Waals surface area contributed by atoms with E-state index in [1.165, 1.54) is 11.5 Å². The Morgan fingerprint density at radius 1 is 1.25 bits per heavy atom. The minimum absolute atomic E-state index is 0.0493. The fourth-order valence-electron chi connectivity index (χ4n) is 2.42. The highest BCUT2D eigenvalue weighted by molar-refractivity contribution is 7.10. The third-order valence-corrected chi connectivity index (χ3v) is 4.56. The molecule has 2 rings (SSSR count). The quantitative estimate of drug-likeness (QED) is 0.798. The van der Waals surface area contributed by atoms with Crippen LogP contribution in [0.3, 0.4) is 0 Å². The first-order valence-electron chi connectivity index (χ1n) is 7.78. The van der Waals surface area contributed by atoms with Crippen LogP contribution in [0.15, 0.2) is 21.7 Å². The van der Waals surface area contributed by atoms with Gasteiger partial charge in [-0.2, -0.15) is 9.64 Å². The Bertz CT molecular complexity index is 725. The van der Waals surface area contributed by atoms with Gasteiger partial charge >= 0.3 is 0 Å². The molecule has 0 saturated carbocycles. The van der Waals surface area contributed by atoms with Crippen LogP contribution in [0.5, 0.6) is 0 Å². The molecule has 130 valence electrons. The number of rotatable bonds is 2. The van der Waals surface area contributed by atoms with Gasteiger partial charge in [0.25, 0.3) is 0 Å². The number of nitriles is 1. The van der Waals surface area contributed by atoms with Crippen molar-refractivity contribution in [3.05, 3.63) is 22.8 Å². The fourth-order valence-corrected chi connectivity index (χ4v) is 3.27. The summed E-state index contributed by atoms with van der Waals surface area (Å²) in [5.41, 5.74) is 11.1. The van der Waals surface area contributed by atoms with E-state index in [2.05, 4.69) is 46.9 Å². The molecule has 0 saturated heterocycles. The largest absolute Gasteiger partial charge is 0.383 e. The summed E-state index contributed by atoms with van der Waals surface area (Å²) in [6, 6.07) is 2.16. The van der Waals surface area contributed by atoms with Gasteiger partial charge in [0.05, 0.1) is 11.7 Å². The van der Waals surface area contributed by atoms with Gasteiger partial charge in [-0.25, -0.2) is 5.43 Å². The summed E-state index contributed by atoms with van der Waals surface area (Å²) in [7, 11) is 1.85. The predicted octanol–water partition coefficient (Wildman–Crippen LogP) is 3.39. The van der Waals surface area contributed by atoms with E-state index in [0.717, 1.165) is 5.69 Å². The lowest BCUT2D eigenvalue weighted by Crippen LogP contribution is -2.42. The van der Waals surface area contributed by atoms with Gasteiger partial charge in [-0.05, 0) is 16.9 Å². The number of nitrogens with two attached hydrogens (primary N) is 1. The molecule has 1 aromatic heterocycles. The highest BCUT2D eigenvalue weighted by Gasteiger charge is 2.37. The van der Waals surface area contributed by atoms with Crippen LogP contribution < -0.4 is 11.2 Å². The van der Waals surface area contributed by atoms with Crippen LogP contribution in [0, 0.1) is 16.7 Å². The van der Waals surface area contributed by atoms with Crippen molar-refractivity contribution in [2.45, 2.75) is 53.0 Å². The maximum Gasteiger partial charge on any atom is 0.176 e. The van der Waals surface area contributed by atoms with Crippen molar-refractivity contribution < 1.29 is 0 Å². The van der Waals surface area contributed by atoms with Gasteiger partial charge in [-0.15, -0.1) is 10.2 Å². The highest BCUT2D eigenvalue weighted by atomic mass is 32.1. The first-order chi connectivity index (χ1) is 11.0. The summed E-state index contributed by atoms with van der Waals surface area (Å²) in [5.74, 6) is 0.540. The van der Waals surface area contributed by atoms with Crippen molar-refractivity contribution in [2.24, 2.45) is 21.4 Å². The van der Waals surface area contributed by atoms with Gasteiger partial charge < -0.3 is 5.73 Å². The minimum Gasteiger partial charge on any atom is -0.383 e. The lowest BCUT2D eigenvalue weighted by atomic mass is 9.86. The molecule has 0 aromatic carbocycles. The molecule has 1 atom stereocenters. The van der Waals surface area contributed by atoms with Gasteiger partial charge in [0.1, 0.15) is 23.2 Å². The number of hydrogen-bond acceptors (Lipinski definition) is 8. The maximum absolute atomic E-state index is 9.48. The van der Waals surface area contributed by atoms with E-state index in [-0.39, 0.29) is 16.9 Å². The summed E-state index contributed by atoms with van der Waals surface area (Å²) in [6.45, 7) is 12.4. The van der Waals surface area contributed by atoms with Crippen molar-refractivity contribution in [3.8, 4) is 6.07 Å². The molecule has 0 spiro atoms. The van der Waals surface area contributed by atoms with E-state index < -0.39 is 0 Å². The van der Waals surface area contributed by atoms with Crippen LogP contribution in [0.1, 0.15) is 52.8 Å². The van der Waals surface area contributed by atoms with E-state index in [4.69, 9.17) is 5.73 Å². The highest BCUT2D eigenvalue weighted by Crippen LogP contribution is 2.36. The number of azo groups is 1. The lowest BCUT2D eigenvalue weighted by Gasteiger charge is -2.28. The molecule has 2 heterocycles. The summed E-state index contributed by atoms with van der Waals surface area (Å²) in [6.07, 6.45) is 0. The minimum atomic E-state index is -0.212. The lowest BCUT2D eigenvalue weighted by molar-refractivity contribution is 0.218. The van der Waals surface area contributed by atoms with Crippen molar-refractivity contribution in [1.82, 2.24) is 14.8 Å². The van der Waals surface area contributed by atoms with E-state index in [9.17, 15) is 5.26 Å². The van der Waals surface area contributed by atoms with E-state index in [0.29, 0.717) is 22.1 Å². The topological polar surface area (TPSA) is 103 Å². The molecule has 0 radical (unpaired) electrons. The van der Waals surface area contributed by atoms with Crippen LogP contribution in [0.25, 0.3) is 0 Å². The summed E-state index contributed by atoms with van der Waals surface area (Å²) in [5, 5.41) is 20.4. The Morgan fingerprint density at radius 2 is 1.88 bits per heavy atom. The Kier molecular flexibility index (Phi) is 4.70. The van der Waals surface area contributed by atoms with E-state index in [1.807, 2.05) is 27.8 Å². The van der Waals surface area contributed by atoms with Crippen LogP contribution >= 0.6 is 11.5 Å². The fraction of sp³-hybridized carbons (Fsp3) is 0.625. The van der Waals surface area contributed by atoms with Crippen molar-refractivity contribution in [3.63, 3.8) is 0 Å². The molecule has 0 bridgehead atoms. The van der Waals surface area contributed by atoms with Gasteiger partial charge in [0, 0.05) is 12.5 Å². The number of hydrogen-bond donors (Lipinski definition) is 2. The first kappa shape index (κ1) is 18.4. The number of nitrogens with one attached hydrogen (secondary N) is 1. The zero-order valence-corrected chi connectivity index (χ0v) is 16.1. The Morgan fingerprint density at radius 3 is 2.38 bits per heavy atom. The van der Waals surface area contributed by atoms with Gasteiger partial charge in [-0.1, -0.05) is 41.5 Å². The normalized spacial score (nSPS) is 19.4. The SMILES string of the molecule is CN1NC(C(C)(C)C)C(/N=N\c2snc(C(C)(C)C)c2C#N)=C1N. The van der Waals surface area contributed by atoms with Crippen molar-refractivity contribution in [1.29, 1.82) is 5.26 Å². The standard InChI is InChI=1S/C16H25N7S/c1-15(2,3)11-9(8-17)14(24-22-11)20-19-10-12(16(4,5)6)21-23(7)13(10)18/h12,21H,18H2,1-7H3/b20-19-. The summed E-state index contributed by atoms with van der Waals surface area (Å²) >= 11 is 1.19. The number of aromatic nitrogens is 1. The third-order valence-electron chi connectivity index (χ3n) is 3.83. The second-order valence-electron chi connectivity index (χ2n) is 8.03. The second kappa shape index (κ2) is 6.15. The van der Waals surface area contributed by atoms with Crippen LogP contribution in [-0.4, -0.2) is 22.5 Å². The number of nitrogens with zero attached hydrogens (tertiary/aromatic N) is 5. The van der Waals surface area contributed by atoms with Gasteiger partial charge in [0.15, 0.2) is 5.00 Å². The first-order valence-corrected chi connectivity index (χ1v) is 8.55. The monoisotopic (exact) mass is 347 g/mol. The Hall–Kier alpha value is -1.98. The zero-order valence-electron chi connectivity index (χ0n) is 15.3. The van der Waals surface area contributed by atoms with Crippen LogP contribution in [-0.2, 0) is 5.41 Å². The Labute approximate surface area is 147 Å².